The molecule has 2 aromatic rings. The molecule has 5 heteroatoms. The monoisotopic (exact) mass is 312 g/mol. The van der Waals surface area contributed by atoms with Crippen LogP contribution in [0.4, 0.5) is 0 Å². The van der Waals surface area contributed by atoms with Crippen LogP contribution in [-0.2, 0) is 6.73 Å². The molecule has 1 aromatic carbocycles. The van der Waals surface area contributed by atoms with E-state index >= 15 is 0 Å². The van der Waals surface area contributed by atoms with E-state index in [1.54, 1.807) is 16.4 Å². The SMILES string of the molecule is Cc1nn(CO)c(C)c1Sc1ccc(Br)cc1. The molecule has 0 aliphatic heterocycles. The lowest BCUT2D eigenvalue weighted by Crippen LogP contribution is -2.00. The van der Waals surface area contributed by atoms with Crippen LogP contribution in [0, 0.1) is 13.8 Å². The number of benzene rings is 1. The first-order chi connectivity index (χ1) is 8.11. The van der Waals surface area contributed by atoms with Crippen molar-refractivity contribution in [2.24, 2.45) is 0 Å². The number of aliphatic hydroxyl groups is 1. The molecule has 0 spiro atoms. The van der Waals surface area contributed by atoms with Crippen LogP contribution in [0.5, 0.6) is 0 Å². The molecule has 3 nitrogen and oxygen atoms in total. The number of aryl methyl sites for hydroxylation is 1. The second kappa shape index (κ2) is 5.25. The Bertz CT molecular complexity index is 522. The Morgan fingerprint density at radius 3 is 2.47 bits per heavy atom. The normalized spacial score (nSPS) is 10.8. The lowest BCUT2D eigenvalue weighted by atomic mass is 10.4. The molecule has 17 heavy (non-hydrogen) atoms. The first-order valence-corrected chi connectivity index (χ1v) is 6.81. The van der Waals surface area contributed by atoms with E-state index in [2.05, 4.69) is 33.2 Å². The predicted octanol–water partition coefficient (Wildman–Crippen LogP) is 3.36. The van der Waals surface area contributed by atoms with Crippen molar-refractivity contribution in [3.63, 3.8) is 0 Å². The number of hydrogen-bond acceptors (Lipinski definition) is 3. The zero-order valence-electron chi connectivity index (χ0n) is 9.64. The number of halogens is 1. The van der Waals surface area contributed by atoms with Gasteiger partial charge >= 0.3 is 0 Å². The summed E-state index contributed by atoms with van der Waals surface area (Å²) in [6.45, 7) is 3.85. The van der Waals surface area contributed by atoms with Gasteiger partial charge in [-0.15, -0.1) is 0 Å². The number of aromatic nitrogens is 2. The van der Waals surface area contributed by atoms with E-state index < -0.39 is 0 Å². The van der Waals surface area contributed by atoms with Crippen LogP contribution < -0.4 is 0 Å². The summed E-state index contributed by atoms with van der Waals surface area (Å²) >= 11 is 5.09. The summed E-state index contributed by atoms with van der Waals surface area (Å²) in [5, 5.41) is 13.4. The molecular formula is C12H13BrN2OS. The fraction of sp³-hybridized carbons (Fsp3) is 0.250. The number of hydrogen-bond donors (Lipinski definition) is 1. The van der Waals surface area contributed by atoms with E-state index in [0.29, 0.717) is 0 Å². The molecule has 0 fully saturated rings. The summed E-state index contributed by atoms with van der Waals surface area (Å²) < 4.78 is 2.68. The van der Waals surface area contributed by atoms with Crippen LogP contribution in [0.25, 0.3) is 0 Å². The van der Waals surface area contributed by atoms with Crippen LogP contribution in [0.1, 0.15) is 11.4 Å². The van der Waals surface area contributed by atoms with Crippen molar-refractivity contribution in [3.8, 4) is 0 Å². The molecular weight excluding hydrogens is 300 g/mol. The third-order valence-electron chi connectivity index (χ3n) is 2.48. The minimum Gasteiger partial charge on any atom is -0.374 e. The molecule has 0 unspecified atom stereocenters. The lowest BCUT2D eigenvalue weighted by Gasteiger charge is -2.03. The Hall–Kier alpha value is -0.780. The predicted molar refractivity (Wildman–Crippen MR) is 72.2 cm³/mol. The van der Waals surface area contributed by atoms with Crippen LogP contribution in [-0.4, -0.2) is 14.9 Å². The Morgan fingerprint density at radius 1 is 1.29 bits per heavy atom. The van der Waals surface area contributed by atoms with Gasteiger partial charge in [-0.2, -0.15) is 5.10 Å². The quantitative estimate of drug-likeness (QED) is 0.944. The fourth-order valence-corrected chi connectivity index (χ4v) is 2.80. The van der Waals surface area contributed by atoms with Gasteiger partial charge in [-0.25, -0.2) is 4.68 Å². The van der Waals surface area contributed by atoms with Gasteiger partial charge in [0.15, 0.2) is 0 Å². The van der Waals surface area contributed by atoms with Crippen molar-refractivity contribution in [1.29, 1.82) is 0 Å². The highest BCUT2D eigenvalue weighted by atomic mass is 79.9. The zero-order chi connectivity index (χ0) is 12.4. The maximum Gasteiger partial charge on any atom is 0.136 e. The van der Waals surface area contributed by atoms with Crippen molar-refractivity contribution in [3.05, 3.63) is 40.1 Å². The molecule has 1 N–H and O–H groups in total. The van der Waals surface area contributed by atoms with Crippen molar-refractivity contribution in [1.82, 2.24) is 9.78 Å². The highest BCUT2D eigenvalue weighted by Gasteiger charge is 2.12. The molecule has 0 aliphatic carbocycles. The molecule has 0 atom stereocenters. The Morgan fingerprint density at radius 2 is 1.94 bits per heavy atom. The summed E-state index contributed by atoms with van der Waals surface area (Å²) in [4.78, 5) is 2.28. The molecule has 0 saturated heterocycles. The zero-order valence-corrected chi connectivity index (χ0v) is 12.0. The molecule has 0 amide bonds. The second-order valence-electron chi connectivity index (χ2n) is 3.70. The smallest absolute Gasteiger partial charge is 0.136 e. The highest BCUT2D eigenvalue weighted by molar-refractivity contribution is 9.10. The molecule has 0 saturated carbocycles. The van der Waals surface area contributed by atoms with Crippen LogP contribution in [0.3, 0.4) is 0 Å². The number of aliphatic hydroxyl groups excluding tert-OH is 1. The van der Waals surface area contributed by atoms with Gasteiger partial charge in [-0.05, 0) is 38.1 Å². The molecule has 0 radical (unpaired) electrons. The van der Waals surface area contributed by atoms with Crippen LogP contribution in [0.15, 0.2) is 38.5 Å². The summed E-state index contributed by atoms with van der Waals surface area (Å²) in [6, 6.07) is 8.15. The van der Waals surface area contributed by atoms with Crippen LogP contribution in [0.2, 0.25) is 0 Å². The average Bonchev–Trinajstić information content (AvgIpc) is 2.59. The minimum atomic E-state index is -0.0758. The van der Waals surface area contributed by atoms with E-state index in [1.165, 1.54) is 0 Å². The summed E-state index contributed by atoms with van der Waals surface area (Å²) in [5.41, 5.74) is 1.95. The van der Waals surface area contributed by atoms with Crippen molar-refractivity contribution >= 4 is 27.7 Å². The first-order valence-electron chi connectivity index (χ1n) is 5.20. The summed E-state index contributed by atoms with van der Waals surface area (Å²) in [6.07, 6.45) is 0. The van der Waals surface area contributed by atoms with E-state index in [0.717, 1.165) is 25.7 Å². The second-order valence-corrected chi connectivity index (χ2v) is 5.70. The summed E-state index contributed by atoms with van der Waals surface area (Å²) in [7, 11) is 0. The Kier molecular flexibility index (Phi) is 3.91. The van der Waals surface area contributed by atoms with Crippen LogP contribution >= 0.6 is 27.7 Å². The minimum absolute atomic E-state index is 0.0758. The Labute approximate surface area is 113 Å². The van der Waals surface area contributed by atoms with E-state index in [9.17, 15) is 0 Å². The van der Waals surface area contributed by atoms with Gasteiger partial charge in [0.25, 0.3) is 0 Å². The lowest BCUT2D eigenvalue weighted by molar-refractivity contribution is 0.192. The first kappa shape index (κ1) is 12.7. The van der Waals surface area contributed by atoms with Gasteiger partial charge in [0.2, 0.25) is 0 Å². The Balaban J connectivity index is 2.29. The van der Waals surface area contributed by atoms with E-state index in [1.807, 2.05) is 26.0 Å². The third-order valence-corrected chi connectivity index (χ3v) is 4.31. The standard InChI is InChI=1S/C12H13BrN2OS/c1-8-12(9(2)15(7-16)14-8)17-11-5-3-10(13)4-6-11/h3-6,16H,7H2,1-2H3. The van der Waals surface area contributed by atoms with Crippen molar-refractivity contribution in [2.75, 3.05) is 0 Å². The molecule has 1 aromatic heterocycles. The van der Waals surface area contributed by atoms with E-state index in [4.69, 9.17) is 5.11 Å². The maximum absolute atomic E-state index is 9.14. The van der Waals surface area contributed by atoms with Gasteiger partial charge < -0.3 is 5.11 Å². The van der Waals surface area contributed by atoms with E-state index in [-0.39, 0.29) is 6.73 Å². The fourth-order valence-electron chi connectivity index (χ4n) is 1.59. The number of nitrogens with zero attached hydrogens (tertiary/aromatic N) is 2. The topological polar surface area (TPSA) is 38.0 Å². The van der Waals surface area contributed by atoms with Gasteiger partial charge in [0.05, 0.1) is 16.3 Å². The summed E-state index contributed by atoms with van der Waals surface area (Å²) in [5.74, 6) is 0. The maximum atomic E-state index is 9.14. The largest absolute Gasteiger partial charge is 0.374 e. The molecule has 1 heterocycles. The average molecular weight is 313 g/mol. The van der Waals surface area contributed by atoms with Gasteiger partial charge in [-0.3, -0.25) is 0 Å². The molecule has 0 bridgehead atoms. The highest BCUT2D eigenvalue weighted by Crippen LogP contribution is 2.33. The van der Waals surface area contributed by atoms with Gasteiger partial charge in [-0.1, -0.05) is 27.7 Å². The number of rotatable bonds is 3. The molecule has 0 aliphatic rings. The molecule has 90 valence electrons. The van der Waals surface area contributed by atoms with Gasteiger partial charge in [0.1, 0.15) is 6.73 Å². The third kappa shape index (κ3) is 2.73. The van der Waals surface area contributed by atoms with Gasteiger partial charge in [0, 0.05) is 9.37 Å². The molecule has 2 rings (SSSR count). The van der Waals surface area contributed by atoms with Crippen molar-refractivity contribution < 1.29 is 5.11 Å². The van der Waals surface area contributed by atoms with Crippen molar-refractivity contribution in [2.45, 2.75) is 30.4 Å².